The van der Waals surface area contributed by atoms with Crippen LogP contribution in [0.2, 0.25) is 0 Å². The van der Waals surface area contributed by atoms with E-state index in [0.717, 1.165) is 25.3 Å². The summed E-state index contributed by atoms with van der Waals surface area (Å²) in [7, 11) is 0. The summed E-state index contributed by atoms with van der Waals surface area (Å²) in [6.07, 6.45) is 7.18. The fourth-order valence-electron chi connectivity index (χ4n) is 1.51. The van der Waals surface area contributed by atoms with E-state index in [4.69, 9.17) is 0 Å². The molecule has 64 valence electrons. The Kier molecular flexibility index (Phi) is 1.96. The molecule has 3 nitrogen and oxygen atoms in total. The predicted molar refractivity (Wildman–Crippen MR) is 48.7 cm³/mol. The summed E-state index contributed by atoms with van der Waals surface area (Å²) in [5, 5.41) is 3.29. The van der Waals surface area contributed by atoms with Gasteiger partial charge in [-0.25, -0.2) is 4.98 Å². The highest BCUT2D eigenvalue weighted by Crippen LogP contribution is 2.12. The van der Waals surface area contributed by atoms with Gasteiger partial charge in [0.2, 0.25) is 0 Å². The molecule has 1 N–H and O–H groups in total. The molecule has 0 bridgehead atoms. The first-order valence-electron chi connectivity index (χ1n) is 4.28. The summed E-state index contributed by atoms with van der Waals surface area (Å²) in [5.74, 6) is 1.07. The second-order valence-corrected chi connectivity index (χ2v) is 2.99. The largest absolute Gasteiger partial charge is 0.313 e. The maximum atomic E-state index is 4.19. The molecule has 0 saturated heterocycles. The molecular formula is C9H13N3. The van der Waals surface area contributed by atoms with Crippen molar-refractivity contribution in [2.75, 3.05) is 13.1 Å². The number of hydrogen-bond donors (Lipinski definition) is 1. The van der Waals surface area contributed by atoms with Crippen LogP contribution < -0.4 is 5.32 Å². The summed E-state index contributed by atoms with van der Waals surface area (Å²) < 4.78 is 2.15. The number of hydrogen-bond acceptors (Lipinski definition) is 2. The Balaban J connectivity index is 2.29. The lowest BCUT2D eigenvalue weighted by Gasteiger charge is -2.15. The highest BCUT2D eigenvalue weighted by Gasteiger charge is 2.06. The summed E-state index contributed by atoms with van der Waals surface area (Å²) >= 11 is 0. The molecule has 0 saturated carbocycles. The average molecular weight is 163 g/mol. The molecule has 0 aromatic carbocycles. The standard InChI is InChI=1S/C9H13N3/c1-8-11-6-7-12(8)9-2-4-10-5-3-9/h2,6-7,10H,3-5H2,1H3. The van der Waals surface area contributed by atoms with Crippen LogP contribution in [-0.4, -0.2) is 22.6 Å². The highest BCUT2D eigenvalue weighted by atomic mass is 15.1. The lowest BCUT2D eigenvalue weighted by molar-refractivity contribution is 0.713. The lowest BCUT2D eigenvalue weighted by atomic mass is 10.2. The maximum Gasteiger partial charge on any atom is 0.109 e. The molecule has 0 fully saturated rings. The minimum Gasteiger partial charge on any atom is -0.313 e. The Morgan fingerprint density at radius 1 is 1.58 bits per heavy atom. The van der Waals surface area contributed by atoms with E-state index in [1.54, 1.807) is 0 Å². The summed E-state index contributed by atoms with van der Waals surface area (Å²) in [4.78, 5) is 4.19. The minimum atomic E-state index is 0.979. The van der Waals surface area contributed by atoms with Gasteiger partial charge >= 0.3 is 0 Å². The minimum absolute atomic E-state index is 0.979. The molecule has 0 aliphatic carbocycles. The molecule has 0 atom stereocenters. The average Bonchev–Trinajstić information content (AvgIpc) is 2.53. The molecule has 1 aliphatic heterocycles. The zero-order chi connectivity index (χ0) is 8.39. The molecule has 12 heavy (non-hydrogen) atoms. The van der Waals surface area contributed by atoms with E-state index in [9.17, 15) is 0 Å². The fraction of sp³-hybridized carbons (Fsp3) is 0.444. The second-order valence-electron chi connectivity index (χ2n) is 2.99. The molecule has 1 aromatic rings. The van der Waals surface area contributed by atoms with Crippen LogP contribution in [0.3, 0.4) is 0 Å². The zero-order valence-corrected chi connectivity index (χ0v) is 7.25. The van der Waals surface area contributed by atoms with Gasteiger partial charge in [-0.05, 0) is 6.92 Å². The normalized spacial score (nSPS) is 17.6. The van der Waals surface area contributed by atoms with E-state index in [2.05, 4.69) is 20.9 Å². The number of rotatable bonds is 1. The van der Waals surface area contributed by atoms with Gasteiger partial charge in [-0.1, -0.05) is 6.08 Å². The molecule has 0 spiro atoms. The van der Waals surface area contributed by atoms with Crippen LogP contribution in [0.4, 0.5) is 0 Å². The molecule has 2 rings (SSSR count). The Morgan fingerprint density at radius 3 is 3.08 bits per heavy atom. The van der Waals surface area contributed by atoms with Crippen molar-refractivity contribution in [3.8, 4) is 0 Å². The van der Waals surface area contributed by atoms with Crippen molar-refractivity contribution in [2.45, 2.75) is 13.3 Å². The number of nitrogens with zero attached hydrogens (tertiary/aromatic N) is 2. The maximum absolute atomic E-state index is 4.19. The summed E-state index contributed by atoms with van der Waals surface area (Å²) in [6, 6.07) is 0. The molecule has 0 amide bonds. The van der Waals surface area contributed by atoms with Crippen molar-refractivity contribution in [1.29, 1.82) is 0 Å². The van der Waals surface area contributed by atoms with Crippen molar-refractivity contribution < 1.29 is 0 Å². The molecule has 3 heteroatoms. The van der Waals surface area contributed by atoms with E-state index in [1.807, 2.05) is 19.3 Å². The Morgan fingerprint density at radius 2 is 2.50 bits per heavy atom. The SMILES string of the molecule is Cc1nccn1C1=CCNCC1. The number of aromatic nitrogens is 2. The first-order chi connectivity index (χ1) is 5.88. The van der Waals surface area contributed by atoms with Crippen LogP contribution in [0, 0.1) is 6.92 Å². The third-order valence-corrected chi connectivity index (χ3v) is 2.18. The second kappa shape index (κ2) is 3.11. The zero-order valence-electron chi connectivity index (χ0n) is 7.25. The van der Waals surface area contributed by atoms with Crippen molar-refractivity contribution in [3.05, 3.63) is 24.3 Å². The number of nitrogens with one attached hydrogen (secondary N) is 1. The van der Waals surface area contributed by atoms with E-state index in [1.165, 1.54) is 5.70 Å². The van der Waals surface area contributed by atoms with Gasteiger partial charge in [0.1, 0.15) is 5.82 Å². The van der Waals surface area contributed by atoms with Gasteiger partial charge in [0.25, 0.3) is 0 Å². The van der Waals surface area contributed by atoms with E-state index < -0.39 is 0 Å². The van der Waals surface area contributed by atoms with Crippen LogP contribution in [0.25, 0.3) is 5.70 Å². The van der Waals surface area contributed by atoms with E-state index in [0.29, 0.717) is 0 Å². The monoisotopic (exact) mass is 163 g/mol. The summed E-state index contributed by atoms with van der Waals surface area (Å²) in [5.41, 5.74) is 1.36. The Hall–Kier alpha value is -1.09. The van der Waals surface area contributed by atoms with Crippen LogP contribution in [0.1, 0.15) is 12.2 Å². The molecule has 0 unspecified atom stereocenters. The lowest BCUT2D eigenvalue weighted by Crippen LogP contribution is -2.22. The third-order valence-electron chi connectivity index (χ3n) is 2.18. The van der Waals surface area contributed by atoms with Gasteiger partial charge in [-0.2, -0.15) is 0 Å². The van der Waals surface area contributed by atoms with Crippen molar-refractivity contribution in [1.82, 2.24) is 14.9 Å². The quantitative estimate of drug-likeness (QED) is 0.670. The molecular weight excluding hydrogens is 150 g/mol. The molecule has 1 aromatic heterocycles. The molecule has 0 radical (unpaired) electrons. The molecule has 1 aliphatic rings. The number of aryl methyl sites for hydroxylation is 1. The van der Waals surface area contributed by atoms with Gasteiger partial charge in [-0.15, -0.1) is 0 Å². The van der Waals surface area contributed by atoms with Crippen LogP contribution in [0.5, 0.6) is 0 Å². The molecule has 2 heterocycles. The van der Waals surface area contributed by atoms with Crippen molar-refractivity contribution in [3.63, 3.8) is 0 Å². The van der Waals surface area contributed by atoms with E-state index >= 15 is 0 Å². The van der Waals surface area contributed by atoms with Crippen LogP contribution in [-0.2, 0) is 0 Å². The van der Waals surface area contributed by atoms with Crippen molar-refractivity contribution >= 4 is 5.70 Å². The first kappa shape index (κ1) is 7.55. The van der Waals surface area contributed by atoms with Crippen LogP contribution in [0.15, 0.2) is 18.5 Å². The summed E-state index contributed by atoms with van der Waals surface area (Å²) in [6.45, 7) is 4.08. The van der Waals surface area contributed by atoms with Gasteiger partial charge in [0, 0.05) is 37.6 Å². The van der Waals surface area contributed by atoms with Gasteiger partial charge < -0.3 is 9.88 Å². The van der Waals surface area contributed by atoms with Gasteiger partial charge in [0.05, 0.1) is 0 Å². The first-order valence-corrected chi connectivity index (χ1v) is 4.28. The van der Waals surface area contributed by atoms with Crippen molar-refractivity contribution in [2.24, 2.45) is 0 Å². The Bertz CT molecular complexity index is 298. The highest BCUT2D eigenvalue weighted by molar-refractivity contribution is 5.47. The fourth-order valence-corrected chi connectivity index (χ4v) is 1.51. The third kappa shape index (κ3) is 1.28. The predicted octanol–water partition coefficient (Wildman–Crippen LogP) is 1.03. The van der Waals surface area contributed by atoms with Gasteiger partial charge in [-0.3, -0.25) is 0 Å². The Labute approximate surface area is 72.1 Å². The van der Waals surface area contributed by atoms with Crippen LogP contribution >= 0.6 is 0 Å². The smallest absolute Gasteiger partial charge is 0.109 e. The van der Waals surface area contributed by atoms with Gasteiger partial charge in [0.15, 0.2) is 0 Å². The van der Waals surface area contributed by atoms with E-state index in [-0.39, 0.29) is 0 Å². The number of imidazole rings is 1. The topological polar surface area (TPSA) is 29.9 Å².